The van der Waals surface area contributed by atoms with Crippen LogP contribution in [0.4, 0.5) is 4.39 Å². The lowest BCUT2D eigenvalue weighted by Gasteiger charge is -2.07. The van der Waals surface area contributed by atoms with E-state index < -0.39 is 5.97 Å². The van der Waals surface area contributed by atoms with E-state index in [1.54, 1.807) is 35.2 Å². The number of halogens is 2. The van der Waals surface area contributed by atoms with Crippen molar-refractivity contribution in [2.24, 2.45) is 0 Å². The summed E-state index contributed by atoms with van der Waals surface area (Å²) in [5, 5.41) is 0. The summed E-state index contributed by atoms with van der Waals surface area (Å²) in [7, 11) is 1.32. The molecule has 0 unspecified atom stereocenters. The highest BCUT2D eigenvalue weighted by molar-refractivity contribution is 9.10. The SMILES string of the molecule is COC(=O)c1cn(Cc2cc(Br)ccc2F)c2cccnc12. The van der Waals surface area contributed by atoms with Crippen LogP contribution in [-0.2, 0) is 11.3 Å². The maximum absolute atomic E-state index is 13.9. The predicted molar refractivity (Wildman–Crippen MR) is 84.3 cm³/mol. The smallest absolute Gasteiger partial charge is 0.341 e. The van der Waals surface area contributed by atoms with Gasteiger partial charge in [0.25, 0.3) is 0 Å². The van der Waals surface area contributed by atoms with Crippen molar-refractivity contribution in [3.63, 3.8) is 0 Å². The van der Waals surface area contributed by atoms with Crippen LogP contribution >= 0.6 is 15.9 Å². The number of rotatable bonds is 3. The lowest BCUT2D eigenvalue weighted by atomic mass is 10.2. The van der Waals surface area contributed by atoms with Gasteiger partial charge in [0.2, 0.25) is 0 Å². The molecule has 0 spiro atoms. The van der Waals surface area contributed by atoms with Gasteiger partial charge >= 0.3 is 5.97 Å². The van der Waals surface area contributed by atoms with Gasteiger partial charge in [0, 0.05) is 22.4 Å². The lowest BCUT2D eigenvalue weighted by Crippen LogP contribution is -2.02. The summed E-state index contributed by atoms with van der Waals surface area (Å²) in [6.07, 6.45) is 3.25. The summed E-state index contributed by atoms with van der Waals surface area (Å²) in [6.45, 7) is 0.296. The molecule has 4 nitrogen and oxygen atoms in total. The maximum atomic E-state index is 13.9. The first-order valence-corrected chi connectivity index (χ1v) is 7.35. The molecule has 0 bridgehead atoms. The number of pyridine rings is 1. The van der Waals surface area contributed by atoms with Gasteiger partial charge < -0.3 is 9.30 Å². The van der Waals surface area contributed by atoms with E-state index in [0.29, 0.717) is 23.2 Å². The first kappa shape index (κ1) is 14.7. The first-order valence-electron chi connectivity index (χ1n) is 6.56. The molecule has 0 saturated heterocycles. The molecular formula is C16H12BrFN2O2. The number of esters is 1. The van der Waals surface area contributed by atoms with E-state index in [1.807, 2.05) is 6.07 Å². The fourth-order valence-electron chi connectivity index (χ4n) is 2.36. The fraction of sp³-hybridized carbons (Fsp3) is 0.125. The van der Waals surface area contributed by atoms with E-state index >= 15 is 0 Å². The van der Waals surface area contributed by atoms with Crippen LogP contribution in [0.3, 0.4) is 0 Å². The van der Waals surface area contributed by atoms with Crippen LogP contribution in [0.1, 0.15) is 15.9 Å². The molecule has 0 radical (unpaired) electrons. The molecular weight excluding hydrogens is 351 g/mol. The average molecular weight is 363 g/mol. The third-order valence-corrected chi connectivity index (χ3v) is 3.88. The van der Waals surface area contributed by atoms with Crippen LogP contribution in [0.15, 0.2) is 47.2 Å². The third-order valence-electron chi connectivity index (χ3n) is 3.39. The van der Waals surface area contributed by atoms with E-state index in [0.717, 1.165) is 9.99 Å². The molecule has 0 aliphatic rings. The van der Waals surface area contributed by atoms with Gasteiger partial charge in [0.1, 0.15) is 16.9 Å². The Morgan fingerprint density at radius 1 is 1.41 bits per heavy atom. The zero-order valence-electron chi connectivity index (χ0n) is 11.7. The fourth-order valence-corrected chi connectivity index (χ4v) is 2.77. The number of nitrogens with zero attached hydrogens (tertiary/aromatic N) is 2. The van der Waals surface area contributed by atoms with Crippen molar-refractivity contribution >= 4 is 32.9 Å². The van der Waals surface area contributed by atoms with Gasteiger partial charge in [-0.25, -0.2) is 9.18 Å². The van der Waals surface area contributed by atoms with E-state index in [2.05, 4.69) is 20.9 Å². The van der Waals surface area contributed by atoms with Crippen molar-refractivity contribution in [2.75, 3.05) is 7.11 Å². The summed E-state index contributed by atoms with van der Waals surface area (Å²) in [4.78, 5) is 16.1. The highest BCUT2D eigenvalue weighted by Crippen LogP contribution is 2.23. The van der Waals surface area contributed by atoms with Crippen molar-refractivity contribution in [3.8, 4) is 0 Å². The third kappa shape index (κ3) is 2.62. The maximum Gasteiger partial charge on any atom is 0.341 e. The van der Waals surface area contributed by atoms with Gasteiger partial charge in [-0.3, -0.25) is 4.98 Å². The quantitative estimate of drug-likeness (QED) is 0.666. The van der Waals surface area contributed by atoms with Gasteiger partial charge in [0.05, 0.1) is 19.2 Å². The van der Waals surface area contributed by atoms with Gasteiger partial charge in [0.15, 0.2) is 0 Å². The van der Waals surface area contributed by atoms with E-state index in [9.17, 15) is 9.18 Å². The Labute approximate surface area is 134 Å². The second-order valence-corrected chi connectivity index (χ2v) is 5.68. The highest BCUT2D eigenvalue weighted by Gasteiger charge is 2.17. The zero-order chi connectivity index (χ0) is 15.7. The van der Waals surface area contributed by atoms with Crippen molar-refractivity contribution in [3.05, 3.63) is 64.1 Å². The van der Waals surface area contributed by atoms with Crippen LogP contribution in [0, 0.1) is 5.82 Å². The molecule has 0 N–H and O–H groups in total. The Kier molecular flexibility index (Phi) is 3.94. The minimum atomic E-state index is -0.461. The Morgan fingerprint density at radius 2 is 2.23 bits per heavy atom. The Morgan fingerprint density at radius 3 is 3.00 bits per heavy atom. The van der Waals surface area contributed by atoms with Gasteiger partial charge in [-0.15, -0.1) is 0 Å². The molecule has 0 aliphatic carbocycles. The zero-order valence-corrected chi connectivity index (χ0v) is 13.3. The Hall–Kier alpha value is -2.21. The normalized spacial score (nSPS) is 10.9. The highest BCUT2D eigenvalue weighted by atomic mass is 79.9. The number of fused-ring (bicyclic) bond motifs is 1. The van der Waals surface area contributed by atoms with E-state index in [-0.39, 0.29) is 5.82 Å². The van der Waals surface area contributed by atoms with Gasteiger partial charge in [-0.1, -0.05) is 15.9 Å². The number of carbonyl (C=O) groups is 1. The predicted octanol–water partition coefficient (Wildman–Crippen LogP) is 3.77. The van der Waals surface area contributed by atoms with E-state index in [1.165, 1.54) is 13.2 Å². The molecule has 112 valence electrons. The van der Waals surface area contributed by atoms with Crippen LogP contribution < -0.4 is 0 Å². The molecule has 0 fully saturated rings. The Balaban J connectivity index is 2.11. The number of aromatic nitrogens is 2. The van der Waals surface area contributed by atoms with Crippen LogP contribution in [-0.4, -0.2) is 22.6 Å². The topological polar surface area (TPSA) is 44.1 Å². The molecule has 3 rings (SSSR count). The number of hydrogen-bond acceptors (Lipinski definition) is 3. The second kappa shape index (κ2) is 5.88. The number of benzene rings is 1. The Bertz CT molecular complexity index is 860. The molecule has 2 aromatic heterocycles. The number of methoxy groups -OCH3 is 1. The molecule has 1 aromatic carbocycles. The molecule has 3 aromatic rings. The minimum Gasteiger partial charge on any atom is -0.465 e. The largest absolute Gasteiger partial charge is 0.465 e. The van der Waals surface area contributed by atoms with Gasteiger partial charge in [-0.2, -0.15) is 0 Å². The number of hydrogen-bond donors (Lipinski definition) is 0. The first-order chi connectivity index (χ1) is 10.6. The van der Waals surface area contributed by atoms with Crippen molar-refractivity contribution in [1.82, 2.24) is 9.55 Å². The van der Waals surface area contributed by atoms with Crippen molar-refractivity contribution < 1.29 is 13.9 Å². The summed E-state index contributed by atoms with van der Waals surface area (Å²) in [5.41, 5.74) is 2.19. The molecule has 0 saturated carbocycles. The lowest BCUT2D eigenvalue weighted by molar-refractivity contribution is 0.0602. The average Bonchev–Trinajstić information content (AvgIpc) is 2.89. The molecule has 2 heterocycles. The van der Waals surface area contributed by atoms with Gasteiger partial charge in [-0.05, 0) is 30.3 Å². The molecule has 6 heteroatoms. The number of carbonyl (C=O) groups excluding carboxylic acids is 1. The van der Waals surface area contributed by atoms with Crippen LogP contribution in [0.25, 0.3) is 11.0 Å². The molecule has 0 amide bonds. The molecule has 22 heavy (non-hydrogen) atoms. The summed E-state index contributed by atoms with van der Waals surface area (Å²) in [5.74, 6) is -0.759. The summed E-state index contributed by atoms with van der Waals surface area (Å²) >= 11 is 3.34. The van der Waals surface area contributed by atoms with Crippen LogP contribution in [0.2, 0.25) is 0 Å². The van der Waals surface area contributed by atoms with Crippen molar-refractivity contribution in [2.45, 2.75) is 6.54 Å². The van der Waals surface area contributed by atoms with Crippen LogP contribution in [0.5, 0.6) is 0 Å². The molecule has 0 aliphatic heterocycles. The van der Waals surface area contributed by atoms with Crippen molar-refractivity contribution in [1.29, 1.82) is 0 Å². The standard InChI is InChI=1S/C16H12BrFN2O2/c1-22-16(21)12-9-20(14-3-2-6-19-15(12)14)8-10-7-11(17)4-5-13(10)18/h2-7,9H,8H2,1H3. The summed E-state index contributed by atoms with van der Waals surface area (Å²) in [6, 6.07) is 8.38. The minimum absolute atomic E-state index is 0.296. The number of ether oxygens (including phenoxy) is 1. The summed E-state index contributed by atoms with van der Waals surface area (Å²) < 4.78 is 21.3. The van der Waals surface area contributed by atoms with E-state index in [4.69, 9.17) is 4.74 Å². The molecule has 0 atom stereocenters. The monoisotopic (exact) mass is 362 g/mol. The second-order valence-electron chi connectivity index (χ2n) is 4.77.